The average Bonchev–Trinajstić information content (AvgIpc) is 3.08. The molecule has 0 fully saturated rings. The first-order chi connectivity index (χ1) is 11.5. The largest absolute Gasteiger partial charge is 0.337 e. The third-order valence-electron chi connectivity index (χ3n) is 3.98. The molecule has 0 aliphatic rings. The van der Waals surface area contributed by atoms with E-state index in [1.54, 1.807) is 16.2 Å². The van der Waals surface area contributed by atoms with Crippen molar-refractivity contribution in [2.45, 2.75) is 20.4 Å². The summed E-state index contributed by atoms with van der Waals surface area (Å²) in [5.74, 6) is 0.00357. The maximum absolute atomic E-state index is 12.7. The predicted molar refractivity (Wildman–Crippen MR) is 99.3 cm³/mol. The lowest BCUT2D eigenvalue weighted by Gasteiger charge is -2.17. The Bertz CT molecular complexity index is 839. The van der Waals surface area contributed by atoms with E-state index in [1.165, 1.54) is 10.4 Å². The van der Waals surface area contributed by atoms with E-state index in [0.29, 0.717) is 12.1 Å². The minimum absolute atomic E-state index is 0.00357. The van der Waals surface area contributed by atoms with Gasteiger partial charge in [0.1, 0.15) is 0 Å². The van der Waals surface area contributed by atoms with Crippen LogP contribution in [0.2, 0.25) is 0 Å². The van der Waals surface area contributed by atoms with Crippen LogP contribution in [0, 0.1) is 13.8 Å². The van der Waals surface area contributed by atoms with Crippen molar-refractivity contribution in [3.8, 4) is 11.3 Å². The minimum atomic E-state index is 0.00357. The van der Waals surface area contributed by atoms with E-state index >= 15 is 0 Å². The second kappa shape index (κ2) is 6.97. The Morgan fingerprint density at radius 3 is 2.46 bits per heavy atom. The quantitative estimate of drug-likeness (QED) is 0.692. The predicted octanol–water partition coefficient (Wildman–Crippen LogP) is 4.70. The summed E-state index contributed by atoms with van der Waals surface area (Å²) in [7, 11) is 1.83. The van der Waals surface area contributed by atoms with Crippen LogP contribution in [0.25, 0.3) is 11.3 Å². The van der Waals surface area contributed by atoms with E-state index in [4.69, 9.17) is 0 Å². The molecule has 1 amide bonds. The second-order valence-electron chi connectivity index (χ2n) is 5.94. The van der Waals surface area contributed by atoms with E-state index in [0.717, 1.165) is 17.0 Å². The van der Waals surface area contributed by atoms with Crippen LogP contribution in [0.4, 0.5) is 0 Å². The lowest BCUT2D eigenvalue weighted by atomic mass is 10.1. The zero-order chi connectivity index (χ0) is 17.1. The Balaban J connectivity index is 1.81. The highest BCUT2D eigenvalue weighted by molar-refractivity contribution is 7.09. The lowest BCUT2D eigenvalue weighted by molar-refractivity contribution is 0.0785. The van der Waals surface area contributed by atoms with Crippen molar-refractivity contribution in [2.24, 2.45) is 0 Å². The van der Waals surface area contributed by atoms with Gasteiger partial charge in [-0.1, -0.05) is 35.9 Å². The Morgan fingerprint density at radius 1 is 1.08 bits per heavy atom. The molecule has 1 aromatic carbocycles. The molecule has 0 N–H and O–H groups in total. The molecule has 3 rings (SSSR count). The van der Waals surface area contributed by atoms with Gasteiger partial charge < -0.3 is 4.90 Å². The van der Waals surface area contributed by atoms with Gasteiger partial charge in [-0.05, 0) is 37.4 Å². The van der Waals surface area contributed by atoms with Crippen LogP contribution < -0.4 is 0 Å². The topological polar surface area (TPSA) is 33.2 Å². The smallest absolute Gasteiger partial charge is 0.255 e. The number of benzene rings is 1. The molecular formula is C20H20N2OS. The zero-order valence-electron chi connectivity index (χ0n) is 14.1. The van der Waals surface area contributed by atoms with Crippen molar-refractivity contribution in [2.75, 3.05) is 7.05 Å². The molecule has 0 aliphatic carbocycles. The Kier molecular flexibility index (Phi) is 4.76. The number of thiophene rings is 1. The molecule has 0 unspecified atom stereocenters. The van der Waals surface area contributed by atoms with Gasteiger partial charge in [-0.3, -0.25) is 9.78 Å². The Hall–Kier alpha value is -2.46. The van der Waals surface area contributed by atoms with Crippen LogP contribution in [0.3, 0.4) is 0 Å². The first kappa shape index (κ1) is 16.4. The number of aryl methyl sites for hydroxylation is 2. The molecule has 3 nitrogen and oxygen atoms in total. The van der Waals surface area contributed by atoms with Crippen LogP contribution in [0.1, 0.15) is 26.5 Å². The van der Waals surface area contributed by atoms with Gasteiger partial charge >= 0.3 is 0 Å². The van der Waals surface area contributed by atoms with Crippen molar-refractivity contribution in [3.05, 3.63) is 75.6 Å². The Labute approximate surface area is 146 Å². The van der Waals surface area contributed by atoms with Gasteiger partial charge in [0.05, 0.1) is 23.5 Å². The van der Waals surface area contributed by atoms with Gasteiger partial charge in [-0.15, -0.1) is 11.3 Å². The molecule has 24 heavy (non-hydrogen) atoms. The fourth-order valence-corrected chi connectivity index (χ4v) is 3.34. The molecule has 0 aliphatic heterocycles. The van der Waals surface area contributed by atoms with Gasteiger partial charge in [-0.25, -0.2) is 0 Å². The summed E-state index contributed by atoms with van der Waals surface area (Å²) in [4.78, 5) is 20.2. The molecule has 0 saturated carbocycles. The third kappa shape index (κ3) is 3.54. The van der Waals surface area contributed by atoms with Crippen LogP contribution in [-0.4, -0.2) is 22.8 Å². The molecule has 122 valence electrons. The number of aromatic nitrogens is 1. The zero-order valence-corrected chi connectivity index (χ0v) is 14.9. The van der Waals surface area contributed by atoms with E-state index in [2.05, 4.69) is 36.2 Å². The number of carbonyl (C=O) groups is 1. The summed E-state index contributed by atoms with van der Waals surface area (Å²) in [6, 6.07) is 16.1. The average molecular weight is 336 g/mol. The monoisotopic (exact) mass is 336 g/mol. The number of hydrogen-bond acceptors (Lipinski definition) is 3. The van der Waals surface area contributed by atoms with Crippen LogP contribution in [0.15, 0.2) is 53.9 Å². The van der Waals surface area contributed by atoms with Crippen molar-refractivity contribution < 1.29 is 4.79 Å². The first-order valence-electron chi connectivity index (χ1n) is 7.87. The van der Waals surface area contributed by atoms with Crippen LogP contribution >= 0.6 is 11.3 Å². The summed E-state index contributed by atoms with van der Waals surface area (Å²) in [5, 5.41) is 2.02. The van der Waals surface area contributed by atoms with Gasteiger partial charge in [0.15, 0.2) is 0 Å². The standard InChI is InChI=1S/C20H20N2OS/c1-14-6-8-16(9-7-14)19-11-10-18(15(2)21-19)20(23)22(3)13-17-5-4-12-24-17/h4-12H,13H2,1-3H3. The lowest BCUT2D eigenvalue weighted by Crippen LogP contribution is -2.26. The summed E-state index contributed by atoms with van der Waals surface area (Å²) >= 11 is 1.66. The van der Waals surface area contributed by atoms with Crippen molar-refractivity contribution in [1.82, 2.24) is 9.88 Å². The SMILES string of the molecule is Cc1ccc(-c2ccc(C(=O)N(C)Cc3cccs3)c(C)n2)cc1. The summed E-state index contributed by atoms with van der Waals surface area (Å²) in [6.45, 7) is 4.58. The van der Waals surface area contributed by atoms with Crippen molar-refractivity contribution in [3.63, 3.8) is 0 Å². The fourth-order valence-electron chi connectivity index (χ4n) is 2.59. The summed E-state index contributed by atoms with van der Waals surface area (Å²) in [6.07, 6.45) is 0. The molecule has 3 aromatic rings. The molecule has 4 heteroatoms. The molecule has 0 saturated heterocycles. The van der Waals surface area contributed by atoms with Gasteiger partial charge in [0.25, 0.3) is 5.91 Å². The maximum Gasteiger partial charge on any atom is 0.255 e. The van der Waals surface area contributed by atoms with Gasteiger partial charge in [0.2, 0.25) is 0 Å². The van der Waals surface area contributed by atoms with Crippen LogP contribution in [0.5, 0.6) is 0 Å². The number of carbonyl (C=O) groups excluding carboxylic acids is 1. The highest BCUT2D eigenvalue weighted by Crippen LogP contribution is 2.21. The van der Waals surface area contributed by atoms with Crippen molar-refractivity contribution >= 4 is 17.2 Å². The molecule has 2 heterocycles. The first-order valence-corrected chi connectivity index (χ1v) is 8.75. The Morgan fingerprint density at radius 2 is 1.83 bits per heavy atom. The van der Waals surface area contributed by atoms with E-state index in [-0.39, 0.29) is 5.91 Å². The molecule has 0 radical (unpaired) electrons. The van der Waals surface area contributed by atoms with E-state index < -0.39 is 0 Å². The molecule has 0 atom stereocenters. The summed E-state index contributed by atoms with van der Waals surface area (Å²) < 4.78 is 0. The number of nitrogens with zero attached hydrogens (tertiary/aromatic N) is 2. The maximum atomic E-state index is 12.7. The van der Waals surface area contributed by atoms with Crippen LogP contribution in [-0.2, 0) is 6.54 Å². The molecule has 2 aromatic heterocycles. The molecule has 0 bridgehead atoms. The number of amides is 1. The molecular weight excluding hydrogens is 316 g/mol. The van der Waals surface area contributed by atoms with E-state index in [9.17, 15) is 4.79 Å². The number of pyridine rings is 1. The van der Waals surface area contributed by atoms with E-state index in [1.807, 2.05) is 43.6 Å². The normalized spacial score (nSPS) is 10.6. The van der Waals surface area contributed by atoms with Crippen molar-refractivity contribution in [1.29, 1.82) is 0 Å². The van der Waals surface area contributed by atoms with Gasteiger partial charge in [-0.2, -0.15) is 0 Å². The third-order valence-corrected chi connectivity index (χ3v) is 4.84. The van der Waals surface area contributed by atoms with Gasteiger partial charge in [0, 0.05) is 17.5 Å². The highest BCUT2D eigenvalue weighted by Gasteiger charge is 2.16. The number of hydrogen-bond donors (Lipinski definition) is 0. The number of rotatable bonds is 4. The molecule has 0 spiro atoms. The fraction of sp³-hybridized carbons (Fsp3) is 0.200. The second-order valence-corrected chi connectivity index (χ2v) is 6.97. The summed E-state index contributed by atoms with van der Waals surface area (Å²) in [5.41, 5.74) is 4.60. The highest BCUT2D eigenvalue weighted by atomic mass is 32.1. The minimum Gasteiger partial charge on any atom is -0.337 e.